The molecule has 4 heteroatoms. The molecule has 0 amide bonds. The van der Waals surface area contributed by atoms with Gasteiger partial charge in [0.05, 0.1) is 18.1 Å². The Kier molecular flexibility index (Phi) is 3.44. The number of hydrogen-bond acceptors (Lipinski definition) is 3. The zero-order valence-electron chi connectivity index (χ0n) is 10.9. The predicted molar refractivity (Wildman–Crippen MR) is 82.8 cm³/mol. The summed E-state index contributed by atoms with van der Waals surface area (Å²) < 4.78 is 5.93. The third kappa shape index (κ3) is 2.40. The number of aromatic nitrogens is 1. The second-order valence-electron chi connectivity index (χ2n) is 4.35. The van der Waals surface area contributed by atoms with Gasteiger partial charge in [-0.05, 0) is 12.1 Å². The summed E-state index contributed by atoms with van der Waals surface area (Å²) in [5.41, 5.74) is 0.903. The van der Waals surface area contributed by atoms with Crippen LogP contribution in [0.5, 0.6) is 11.5 Å². The van der Waals surface area contributed by atoms with Crippen molar-refractivity contribution >= 4 is 28.1 Å². The van der Waals surface area contributed by atoms with Gasteiger partial charge in [-0.2, -0.15) is 0 Å². The van der Waals surface area contributed by atoms with E-state index in [0.29, 0.717) is 5.75 Å². The number of fused-ring (bicyclic) bond motifs is 1. The topological polar surface area (TPSA) is 34.2 Å². The molecule has 0 unspecified atom stereocenters. The number of nitrogens with zero attached hydrogens (tertiary/aromatic N) is 1. The summed E-state index contributed by atoms with van der Waals surface area (Å²) in [6, 6.07) is 13.5. The van der Waals surface area contributed by atoms with E-state index in [1.165, 1.54) is 0 Å². The monoisotopic (exact) mass is 284 g/mol. The van der Waals surface area contributed by atoms with E-state index in [1.54, 1.807) is 12.4 Å². The molecule has 1 aromatic heterocycles. The smallest absolute Gasteiger partial charge is 0.147 e. The summed E-state index contributed by atoms with van der Waals surface area (Å²) >= 11 is 6.20. The van der Waals surface area contributed by atoms with Crippen molar-refractivity contribution in [3.8, 4) is 11.5 Å². The molecule has 0 aliphatic rings. The minimum Gasteiger partial charge on any atom is -0.455 e. The van der Waals surface area contributed by atoms with Crippen LogP contribution in [0, 0.1) is 0 Å². The molecule has 0 aliphatic carbocycles. The molecular weight excluding hydrogens is 272 g/mol. The third-order valence-corrected chi connectivity index (χ3v) is 3.39. The molecule has 3 aromatic rings. The lowest BCUT2D eigenvalue weighted by Gasteiger charge is -2.10. The molecule has 1 N–H and O–H groups in total. The zero-order valence-corrected chi connectivity index (χ0v) is 11.7. The van der Waals surface area contributed by atoms with Crippen LogP contribution in [0.15, 0.2) is 54.9 Å². The van der Waals surface area contributed by atoms with Crippen LogP contribution in [-0.2, 0) is 0 Å². The Bertz CT molecular complexity index is 758. The molecule has 0 atom stereocenters. The first-order chi connectivity index (χ1) is 9.78. The Morgan fingerprint density at radius 3 is 2.65 bits per heavy atom. The number of halogens is 1. The Morgan fingerprint density at radius 2 is 1.85 bits per heavy atom. The fraction of sp³-hybridized carbons (Fsp3) is 0.0625. The quantitative estimate of drug-likeness (QED) is 0.755. The minimum absolute atomic E-state index is 0.685. The third-order valence-electron chi connectivity index (χ3n) is 3.06. The fourth-order valence-corrected chi connectivity index (χ4v) is 2.29. The SMILES string of the molecule is CNc1cncc(Oc2ccc(Cl)c3ccccc23)c1. The lowest BCUT2D eigenvalue weighted by Crippen LogP contribution is -1.91. The Hall–Kier alpha value is -2.26. The number of anilines is 1. The molecule has 3 rings (SSSR count). The molecule has 0 spiro atoms. The first kappa shape index (κ1) is 12.8. The van der Waals surface area contributed by atoms with Crippen LogP contribution >= 0.6 is 11.6 Å². The van der Waals surface area contributed by atoms with Gasteiger partial charge in [0.25, 0.3) is 0 Å². The van der Waals surface area contributed by atoms with Crippen LogP contribution in [0.1, 0.15) is 0 Å². The average Bonchev–Trinajstić information content (AvgIpc) is 2.51. The number of hydrogen-bond donors (Lipinski definition) is 1. The average molecular weight is 285 g/mol. The lowest BCUT2D eigenvalue weighted by molar-refractivity contribution is 0.486. The van der Waals surface area contributed by atoms with Gasteiger partial charge in [-0.25, -0.2) is 0 Å². The van der Waals surface area contributed by atoms with E-state index in [9.17, 15) is 0 Å². The van der Waals surface area contributed by atoms with Gasteiger partial charge in [0.1, 0.15) is 11.5 Å². The number of benzene rings is 2. The maximum atomic E-state index is 6.20. The summed E-state index contributed by atoms with van der Waals surface area (Å²) in [6.45, 7) is 0. The fourth-order valence-electron chi connectivity index (χ4n) is 2.06. The standard InChI is InChI=1S/C16H13ClN2O/c1-18-11-8-12(10-19-9-11)20-16-7-6-15(17)13-4-2-3-5-14(13)16/h2-10,18H,1H3. The predicted octanol–water partition coefficient (Wildman–Crippen LogP) is 4.72. The van der Waals surface area contributed by atoms with E-state index in [1.807, 2.05) is 49.5 Å². The molecule has 2 aromatic carbocycles. The van der Waals surface area contributed by atoms with Crippen LogP contribution in [0.4, 0.5) is 5.69 Å². The normalized spacial score (nSPS) is 10.5. The van der Waals surface area contributed by atoms with Crippen LogP contribution in [0.25, 0.3) is 10.8 Å². The maximum absolute atomic E-state index is 6.20. The first-order valence-corrected chi connectivity index (χ1v) is 6.63. The van der Waals surface area contributed by atoms with Crippen LogP contribution in [0.3, 0.4) is 0 Å². The summed E-state index contributed by atoms with van der Waals surface area (Å²) in [6.07, 6.45) is 3.43. The highest BCUT2D eigenvalue weighted by atomic mass is 35.5. The van der Waals surface area contributed by atoms with E-state index < -0.39 is 0 Å². The summed E-state index contributed by atoms with van der Waals surface area (Å²) in [4.78, 5) is 4.14. The van der Waals surface area contributed by atoms with Gasteiger partial charge in [0.2, 0.25) is 0 Å². The first-order valence-electron chi connectivity index (χ1n) is 6.26. The van der Waals surface area contributed by atoms with Gasteiger partial charge in [-0.15, -0.1) is 0 Å². The van der Waals surface area contributed by atoms with Gasteiger partial charge in [-0.1, -0.05) is 35.9 Å². The van der Waals surface area contributed by atoms with Crippen molar-refractivity contribution in [1.29, 1.82) is 0 Å². The molecule has 100 valence electrons. The van der Waals surface area contributed by atoms with Crippen molar-refractivity contribution in [2.24, 2.45) is 0 Å². The van der Waals surface area contributed by atoms with Crippen LogP contribution in [-0.4, -0.2) is 12.0 Å². The highest BCUT2D eigenvalue weighted by Crippen LogP contribution is 2.34. The Labute approximate surface area is 122 Å². The summed E-state index contributed by atoms with van der Waals surface area (Å²) in [5, 5.41) is 5.71. The van der Waals surface area contributed by atoms with E-state index >= 15 is 0 Å². The molecule has 20 heavy (non-hydrogen) atoms. The zero-order chi connectivity index (χ0) is 13.9. The second kappa shape index (κ2) is 5.39. The molecule has 0 saturated carbocycles. The summed E-state index contributed by atoms with van der Waals surface area (Å²) in [7, 11) is 1.85. The van der Waals surface area contributed by atoms with Crippen LogP contribution in [0.2, 0.25) is 5.02 Å². The van der Waals surface area contributed by atoms with Crippen LogP contribution < -0.4 is 10.1 Å². The highest BCUT2D eigenvalue weighted by Gasteiger charge is 2.06. The number of pyridine rings is 1. The van der Waals surface area contributed by atoms with Gasteiger partial charge in [0, 0.05) is 28.9 Å². The number of nitrogens with one attached hydrogen (secondary N) is 1. The molecule has 0 aliphatic heterocycles. The van der Waals surface area contributed by atoms with Gasteiger partial charge < -0.3 is 10.1 Å². The van der Waals surface area contributed by atoms with E-state index in [2.05, 4.69) is 10.3 Å². The molecule has 0 saturated heterocycles. The van der Waals surface area contributed by atoms with Gasteiger partial charge in [-0.3, -0.25) is 4.98 Å². The Morgan fingerprint density at radius 1 is 1.05 bits per heavy atom. The van der Waals surface area contributed by atoms with Gasteiger partial charge in [0.15, 0.2) is 0 Å². The minimum atomic E-state index is 0.685. The van der Waals surface area contributed by atoms with Crippen molar-refractivity contribution in [3.63, 3.8) is 0 Å². The molecular formula is C16H13ClN2O. The molecule has 0 radical (unpaired) electrons. The molecule has 0 fully saturated rings. The highest BCUT2D eigenvalue weighted by molar-refractivity contribution is 6.35. The molecule has 1 heterocycles. The van der Waals surface area contributed by atoms with Crippen molar-refractivity contribution in [1.82, 2.24) is 4.98 Å². The van der Waals surface area contributed by atoms with Crippen molar-refractivity contribution in [3.05, 3.63) is 59.9 Å². The number of rotatable bonds is 3. The van der Waals surface area contributed by atoms with E-state index in [4.69, 9.17) is 16.3 Å². The molecule has 3 nitrogen and oxygen atoms in total. The lowest BCUT2D eigenvalue weighted by atomic mass is 10.1. The van der Waals surface area contributed by atoms with Crippen molar-refractivity contribution < 1.29 is 4.74 Å². The molecule has 0 bridgehead atoms. The second-order valence-corrected chi connectivity index (χ2v) is 4.76. The number of ether oxygens (including phenoxy) is 1. The van der Waals surface area contributed by atoms with Crippen molar-refractivity contribution in [2.75, 3.05) is 12.4 Å². The van der Waals surface area contributed by atoms with Crippen molar-refractivity contribution in [2.45, 2.75) is 0 Å². The largest absolute Gasteiger partial charge is 0.455 e. The van der Waals surface area contributed by atoms with E-state index in [-0.39, 0.29) is 0 Å². The maximum Gasteiger partial charge on any atom is 0.147 e. The Balaban J connectivity index is 2.04. The van der Waals surface area contributed by atoms with E-state index in [0.717, 1.165) is 27.2 Å². The summed E-state index contributed by atoms with van der Waals surface area (Å²) in [5.74, 6) is 1.45. The van der Waals surface area contributed by atoms with Gasteiger partial charge >= 0.3 is 0 Å².